The second-order valence-corrected chi connectivity index (χ2v) is 6.21. The van der Waals surface area contributed by atoms with Crippen molar-refractivity contribution in [3.05, 3.63) is 47.0 Å². The largest absolute Gasteiger partial charge is 0.503 e. The second kappa shape index (κ2) is 6.94. The summed E-state index contributed by atoms with van der Waals surface area (Å²) in [5, 5.41) is 10.2. The van der Waals surface area contributed by atoms with E-state index in [2.05, 4.69) is 0 Å². The molecule has 0 saturated carbocycles. The summed E-state index contributed by atoms with van der Waals surface area (Å²) in [5.41, 5.74) is 0.257. The molecule has 124 valence electrons. The first-order chi connectivity index (χ1) is 10.9. The number of hydrogen-bond acceptors (Lipinski definition) is 3. The molecule has 1 N–H and O–H groups in total. The SMILES string of the molecule is CCCN1C(=O)C(O)=C(C(=O)CC(C)C)C1c1ccccc1F. The van der Waals surface area contributed by atoms with Gasteiger partial charge >= 0.3 is 0 Å². The van der Waals surface area contributed by atoms with Gasteiger partial charge in [-0.2, -0.15) is 0 Å². The van der Waals surface area contributed by atoms with Gasteiger partial charge in [0.1, 0.15) is 5.82 Å². The standard InChI is InChI=1S/C18H22FNO3/c1-4-9-20-16(12-7-5-6-8-13(12)19)15(17(22)18(20)23)14(21)10-11(2)3/h5-8,11,16,22H,4,9-10H2,1-3H3. The third-order valence-corrected chi connectivity index (χ3v) is 3.86. The van der Waals surface area contributed by atoms with Gasteiger partial charge in [-0.1, -0.05) is 39.0 Å². The van der Waals surface area contributed by atoms with Crippen molar-refractivity contribution in [2.24, 2.45) is 5.92 Å². The Balaban J connectivity index is 2.53. The molecule has 1 unspecified atom stereocenters. The van der Waals surface area contributed by atoms with E-state index in [0.717, 1.165) is 0 Å². The number of nitrogens with zero attached hydrogens (tertiary/aromatic N) is 1. The lowest BCUT2D eigenvalue weighted by atomic mass is 9.92. The van der Waals surface area contributed by atoms with Crippen LogP contribution >= 0.6 is 0 Å². The molecule has 23 heavy (non-hydrogen) atoms. The smallest absolute Gasteiger partial charge is 0.290 e. The Labute approximate surface area is 135 Å². The van der Waals surface area contributed by atoms with Crippen molar-refractivity contribution < 1.29 is 19.1 Å². The molecule has 1 heterocycles. The summed E-state index contributed by atoms with van der Waals surface area (Å²) in [6.45, 7) is 6.00. The van der Waals surface area contributed by atoms with Gasteiger partial charge in [0.25, 0.3) is 5.91 Å². The first-order valence-electron chi connectivity index (χ1n) is 7.90. The average molecular weight is 319 g/mol. The number of benzene rings is 1. The van der Waals surface area contributed by atoms with E-state index < -0.39 is 23.5 Å². The van der Waals surface area contributed by atoms with Crippen molar-refractivity contribution in [1.82, 2.24) is 4.90 Å². The predicted molar refractivity (Wildman–Crippen MR) is 85.3 cm³/mol. The molecule has 1 aromatic carbocycles. The van der Waals surface area contributed by atoms with Crippen LogP contribution in [0.4, 0.5) is 4.39 Å². The van der Waals surface area contributed by atoms with Gasteiger partial charge in [0.05, 0.1) is 11.6 Å². The highest BCUT2D eigenvalue weighted by Crippen LogP contribution is 2.39. The molecule has 5 heteroatoms. The quantitative estimate of drug-likeness (QED) is 0.872. The van der Waals surface area contributed by atoms with Crippen molar-refractivity contribution in [2.45, 2.75) is 39.7 Å². The van der Waals surface area contributed by atoms with Crippen LogP contribution in [0, 0.1) is 11.7 Å². The van der Waals surface area contributed by atoms with Gasteiger partial charge in [-0.3, -0.25) is 9.59 Å². The molecule has 2 rings (SSSR count). The third-order valence-electron chi connectivity index (χ3n) is 3.86. The van der Waals surface area contributed by atoms with Crippen molar-refractivity contribution in [3.8, 4) is 0 Å². The minimum Gasteiger partial charge on any atom is -0.503 e. The molecule has 0 fully saturated rings. The molecule has 1 aliphatic heterocycles. The summed E-state index contributed by atoms with van der Waals surface area (Å²) >= 11 is 0. The zero-order chi connectivity index (χ0) is 17.1. The summed E-state index contributed by atoms with van der Waals surface area (Å²) < 4.78 is 14.3. The van der Waals surface area contributed by atoms with E-state index in [-0.39, 0.29) is 29.3 Å². The lowest BCUT2D eigenvalue weighted by molar-refractivity contribution is -0.129. The van der Waals surface area contributed by atoms with Gasteiger partial charge in [0.15, 0.2) is 11.5 Å². The summed E-state index contributed by atoms with van der Waals surface area (Å²) in [7, 11) is 0. The molecule has 0 saturated heterocycles. The van der Waals surface area contributed by atoms with Crippen LogP contribution < -0.4 is 0 Å². The highest BCUT2D eigenvalue weighted by Gasteiger charge is 2.43. The van der Waals surface area contributed by atoms with Crippen LogP contribution in [0.3, 0.4) is 0 Å². The van der Waals surface area contributed by atoms with Gasteiger partial charge in [0, 0.05) is 18.5 Å². The maximum Gasteiger partial charge on any atom is 0.290 e. The molecule has 0 spiro atoms. The van der Waals surface area contributed by atoms with Crippen molar-refractivity contribution >= 4 is 11.7 Å². The summed E-state index contributed by atoms with van der Waals surface area (Å²) in [6.07, 6.45) is 0.854. The number of amides is 1. The van der Waals surface area contributed by atoms with Gasteiger partial charge in [-0.15, -0.1) is 0 Å². The topological polar surface area (TPSA) is 57.6 Å². The van der Waals surface area contributed by atoms with Crippen LogP contribution in [0.5, 0.6) is 0 Å². The fraction of sp³-hybridized carbons (Fsp3) is 0.444. The molecule has 1 aliphatic rings. The van der Waals surface area contributed by atoms with Crippen LogP contribution in [0.25, 0.3) is 0 Å². The van der Waals surface area contributed by atoms with Crippen LogP contribution in [0.1, 0.15) is 45.2 Å². The van der Waals surface area contributed by atoms with Crippen LogP contribution in [0.2, 0.25) is 0 Å². The Kier molecular flexibility index (Phi) is 5.19. The second-order valence-electron chi connectivity index (χ2n) is 6.21. The van der Waals surface area contributed by atoms with Gasteiger partial charge in [-0.05, 0) is 18.4 Å². The minimum atomic E-state index is -0.852. The van der Waals surface area contributed by atoms with E-state index in [4.69, 9.17) is 0 Å². The third kappa shape index (κ3) is 3.28. The molecule has 0 aromatic heterocycles. The number of Topliss-reactive ketones (excluding diaryl/α,β-unsaturated/α-hetero) is 1. The number of ketones is 1. The van der Waals surface area contributed by atoms with Crippen molar-refractivity contribution in [3.63, 3.8) is 0 Å². The highest BCUT2D eigenvalue weighted by atomic mass is 19.1. The Morgan fingerprint density at radius 3 is 2.57 bits per heavy atom. The predicted octanol–water partition coefficient (Wildman–Crippen LogP) is 3.55. The number of carbonyl (C=O) groups excluding carboxylic acids is 2. The zero-order valence-corrected chi connectivity index (χ0v) is 13.7. The minimum absolute atomic E-state index is 0.0160. The van der Waals surface area contributed by atoms with Crippen molar-refractivity contribution in [1.29, 1.82) is 0 Å². The first kappa shape index (κ1) is 17.2. The summed E-state index contributed by atoms with van der Waals surface area (Å²) in [6, 6.07) is 5.21. The molecular weight excluding hydrogens is 297 g/mol. The molecule has 4 nitrogen and oxygen atoms in total. The molecule has 1 aromatic rings. The van der Waals surface area contributed by atoms with E-state index in [1.807, 2.05) is 20.8 Å². The first-order valence-corrected chi connectivity index (χ1v) is 7.90. The molecule has 0 bridgehead atoms. The van der Waals surface area contributed by atoms with Gasteiger partial charge in [0.2, 0.25) is 0 Å². The molecule has 1 amide bonds. The Hall–Kier alpha value is -2.17. The van der Waals surface area contributed by atoms with E-state index in [9.17, 15) is 19.1 Å². The molecule has 0 aliphatic carbocycles. The van der Waals surface area contributed by atoms with Crippen LogP contribution in [-0.4, -0.2) is 28.2 Å². The molecule has 1 atom stereocenters. The number of aliphatic hydroxyl groups excluding tert-OH is 1. The van der Waals surface area contributed by atoms with Gasteiger partial charge < -0.3 is 10.0 Å². The lowest BCUT2D eigenvalue weighted by Crippen LogP contribution is -2.32. The maximum atomic E-state index is 14.3. The Bertz CT molecular complexity index is 651. The Morgan fingerprint density at radius 2 is 2.00 bits per heavy atom. The van der Waals surface area contributed by atoms with Crippen molar-refractivity contribution in [2.75, 3.05) is 6.54 Å². The number of halogens is 1. The monoisotopic (exact) mass is 319 g/mol. The highest BCUT2D eigenvalue weighted by molar-refractivity contribution is 6.09. The number of carbonyl (C=O) groups is 2. The number of aliphatic hydroxyl groups is 1. The summed E-state index contributed by atoms with van der Waals surface area (Å²) in [5.74, 6) is -1.86. The van der Waals surface area contributed by atoms with E-state index in [1.54, 1.807) is 18.2 Å². The van der Waals surface area contributed by atoms with E-state index in [1.165, 1.54) is 11.0 Å². The molecule has 0 radical (unpaired) electrons. The van der Waals surface area contributed by atoms with Crippen LogP contribution in [0.15, 0.2) is 35.6 Å². The van der Waals surface area contributed by atoms with Gasteiger partial charge in [-0.25, -0.2) is 4.39 Å². The lowest BCUT2D eigenvalue weighted by Gasteiger charge is -2.26. The van der Waals surface area contributed by atoms with Crippen LogP contribution in [-0.2, 0) is 9.59 Å². The normalized spacial score (nSPS) is 18.2. The van der Waals surface area contributed by atoms with E-state index >= 15 is 0 Å². The number of hydrogen-bond donors (Lipinski definition) is 1. The van der Waals surface area contributed by atoms with E-state index in [0.29, 0.717) is 13.0 Å². The molecular formula is C18H22FNO3. The zero-order valence-electron chi connectivity index (χ0n) is 13.7. The number of rotatable bonds is 6. The average Bonchev–Trinajstić information content (AvgIpc) is 2.72. The fourth-order valence-corrected chi connectivity index (χ4v) is 2.91. The Morgan fingerprint density at radius 1 is 1.35 bits per heavy atom. The summed E-state index contributed by atoms with van der Waals surface area (Å²) in [4.78, 5) is 26.2. The fourth-order valence-electron chi connectivity index (χ4n) is 2.91. The maximum absolute atomic E-state index is 14.3.